The molecule has 31 heavy (non-hydrogen) atoms. The van der Waals surface area contributed by atoms with Crippen LogP contribution in [0.2, 0.25) is 0 Å². The van der Waals surface area contributed by atoms with Crippen LogP contribution in [0.5, 0.6) is 0 Å². The third-order valence-electron chi connectivity index (χ3n) is 6.34. The Balaban J connectivity index is 1.44. The minimum atomic E-state index is -0.594. The van der Waals surface area contributed by atoms with E-state index in [4.69, 9.17) is 0 Å². The molecule has 0 nitrogen and oxygen atoms in total. The predicted molar refractivity (Wildman–Crippen MR) is 132 cm³/mol. The van der Waals surface area contributed by atoms with Crippen LogP contribution < -0.4 is 0 Å². The van der Waals surface area contributed by atoms with Gasteiger partial charge in [0.2, 0.25) is 0 Å². The average molecular weight is 417 g/mol. The number of halogens is 1. The summed E-state index contributed by atoms with van der Waals surface area (Å²) in [6.45, 7) is 2.26. The van der Waals surface area contributed by atoms with Gasteiger partial charge in [-0.2, -0.15) is 0 Å². The van der Waals surface area contributed by atoms with Gasteiger partial charge in [-0.05, 0) is 79.8 Å². The van der Waals surface area contributed by atoms with Crippen molar-refractivity contribution in [3.8, 4) is 11.8 Å². The van der Waals surface area contributed by atoms with E-state index in [1.165, 1.54) is 56.1 Å². The van der Waals surface area contributed by atoms with E-state index in [-0.39, 0.29) is 0 Å². The zero-order valence-electron chi connectivity index (χ0n) is 19.1. The first-order chi connectivity index (χ1) is 15.2. The zero-order valence-corrected chi connectivity index (χ0v) is 19.1. The van der Waals surface area contributed by atoms with Crippen LogP contribution in [0.15, 0.2) is 54.6 Å². The Labute approximate surface area is 189 Å². The van der Waals surface area contributed by atoms with Gasteiger partial charge < -0.3 is 0 Å². The Morgan fingerprint density at radius 1 is 0.774 bits per heavy atom. The van der Waals surface area contributed by atoms with Crippen LogP contribution in [0, 0.1) is 11.8 Å². The van der Waals surface area contributed by atoms with E-state index in [1.54, 1.807) is 0 Å². The molecule has 0 heterocycles. The summed E-state index contributed by atoms with van der Waals surface area (Å²) in [4.78, 5) is 0. The maximum absolute atomic E-state index is 13.3. The molecular weight excluding hydrogens is 379 g/mol. The van der Waals surface area contributed by atoms with Gasteiger partial charge in [0, 0.05) is 11.1 Å². The molecule has 0 bridgehead atoms. The summed E-state index contributed by atoms with van der Waals surface area (Å²) in [5, 5.41) is 0. The van der Waals surface area contributed by atoms with Crippen molar-refractivity contribution in [2.45, 2.75) is 89.6 Å². The summed E-state index contributed by atoms with van der Waals surface area (Å²) in [6, 6.07) is 17.0. The van der Waals surface area contributed by atoms with Gasteiger partial charge in [-0.25, -0.2) is 4.39 Å². The van der Waals surface area contributed by atoms with Crippen molar-refractivity contribution < 1.29 is 4.39 Å². The van der Waals surface area contributed by atoms with E-state index in [1.807, 2.05) is 0 Å². The lowest BCUT2D eigenvalue weighted by Gasteiger charge is -2.24. The number of hydrogen-bond donors (Lipinski definition) is 0. The van der Waals surface area contributed by atoms with Gasteiger partial charge in [-0.1, -0.05) is 87.3 Å². The molecule has 0 aromatic heterocycles. The van der Waals surface area contributed by atoms with Crippen molar-refractivity contribution in [3.63, 3.8) is 0 Å². The van der Waals surface area contributed by atoms with Crippen molar-refractivity contribution in [2.75, 3.05) is 0 Å². The maximum atomic E-state index is 13.3. The molecule has 0 aliphatic heterocycles. The minimum Gasteiger partial charge on any atom is -0.247 e. The summed E-state index contributed by atoms with van der Waals surface area (Å²) in [5.74, 6) is 7.05. The number of allylic oxidation sites excluding steroid dienone is 1. The maximum Gasteiger partial charge on any atom is 0.100 e. The standard InChI is InChI=1S/C30H37F/c1-2-3-4-5-6-7-8-9-10-25-11-13-26(14-12-25)15-16-27-17-19-28(20-18-27)29-21-23-30(31)24-22-29/h9-14,17-20,29-30H,2-8,21-24H2,1H3/b10-9+. The molecule has 164 valence electrons. The molecule has 2 aromatic carbocycles. The Morgan fingerprint density at radius 3 is 2.00 bits per heavy atom. The quantitative estimate of drug-likeness (QED) is 0.283. The highest BCUT2D eigenvalue weighted by Crippen LogP contribution is 2.34. The SMILES string of the molecule is CCCCCCCC/C=C/c1ccc(C#Cc2ccc(C3CCC(F)CC3)cc2)cc1. The fraction of sp³-hybridized carbons (Fsp3) is 0.467. The largest absolute Gasteiger partial charge is 0.247 e. The molecule has 3 rings (SSSR count). The van der Waals surface area contributed by atoms with Crippen molar-refractivity contribution in [2.24, 2.45) is 0 Å². The zero-order chi connectivity index (χ0) is 21.7. The minimum absolute atomic E-state index is 0.510. The van der Waals surface area contributed by atoms with E-state index in [0.29, 0.717) is 18.8 Å². The lowest BCUT2D eigenvalue weighted by Crippen LogP contribution is -2.13. The number of alkyl halides is 1. The second-order valence-electron chi connectivity index (χ2n) is 8.90. The van der Waals surface area contributed by atoms with E-state index in [0.717, 1.165) is 24.0 Å². The number of hydrogen-bond acceptors (Lipinski definition) is 0. The van der Waals surface area contributed by atoms with E-state index in [2.05, 4.69) is 79.4 Å². The normalized spacial score (nSPS) is 18.6. The second-order valence-corrected chi connectivity index (χ2v) is 8.90. The Hall–Kier alpha value is -2.33. The molecule has 1 aliphatic carbocycles. The van der Waals surface area contributed by atoms with Gasteiger partial charge in [-0.3, -0.25) is 0 Å². The number of unbranched alkanes of at least 4 members (excludes halogenated alkanes) is 6. The monoisotopic (exact) mass is 416 g/mol. The van der Waals surface area contributed by atoms with Crippen molar-refractivity contribution in [1.29, 1.82) is 0 Å². The first kappa shape index (κ1) is 23.3. The van der Waals surface area contributed by atoms with Crippen LogP contribution in [0.4, 0.5) is 4.39 Å². The van der Waals surface area contributed by atoms with Gasteiger partial charge in [-0.15, -0.1) is 0 Å². The predicted octanol–water partition coefficient (Wildman–Crippen LogP) is 8.85. The van der Waals surface area contributed by atoms with E-state index < -0.39 is 6.17 Å². The Bertz CT molecular complexity index is 840. The molecule has 0 unspecified atom stereocenters. The first-order valence-corrected chi connectivity index (χ1v) is 12.3. The Morgan fingerprint density at radius 2 is 1.35 bits per heavy atom. The summed E-state index contributed by atoms with van der Waals surface area (Å²) < 4.78 is 13.3. The molecule has 1 heteroatoms. The van der Waals surface area contributed by atoms with E-state index >= 15 is 0 Å². The van der Waals surface area contributed by atoms with Gasteiger partial charge in [0.1, 0.15) is 6.17 Å². The average Bonchev–Trinajstić information content (AvgIpc) is 2.81. The first-order valence-electron chi connectivity index (χ1n) is 12.3. The molecule has 0 spiro atoms. The fourth-order valence-corrected chi connectivity index (χ4v) is 4.31. The number of benzene rings is 2. The molecule has 0 radical (unpaired) electrons. The molecule has 1 saturated carbocycles. The van der Waals surface area contributed by atoms with Crippen molar-refractivity contribution in [1.82, 2.24) is 0 Å². The summed E-state index contributed by atoms with van der Waals surface area (Å²) in [5.41, 5.74) is 4.64. The Kier molecular flexibility index (Phi) is 9.91. The second kappa shape index (κ2) is 13.2. The topological polar surface area (TPSA) is 0 Å². The molecule has 1 fully saturated rings. The van der Waals surface area contributed by atoms with Crippen LogP contribution in [0.3, 0.4) is 0 Å². The molecule has 0 N–H and O–H groups in total. The summed E-state index contributed by atoms with van der Waals surface area (Å²) >= 11 is 0. The molecule has 0 amide bonds. The number of rotatable bonds is 9. The lowest BCUT2D eigenvalue weighted by molar-refractivity contribution is 0.235. The van der Waals surface area contributed by atoms with Crippen LogP contribution >= 0.6 is 0 Å². The summed E-state index contributed by atoms with van der Waals surface area (Å²) in [6.07, 6.45) is 16.5. The van der Waals surface area contributed by atoms with Gasteiger partial charge in [0.25, 0.3) is 0 Å². The molecule has 2 aromatic rings. The fourth-order valence-electron chi connectivity index (χ4n) is 4.31. The highest BCUT2D eigenvalue weighted by Gasteiger charge is 2.21. The van der Waals surface area contributed by atoms with Crippen LogP contribution in [-0.2, 0) is 0 Å². The molecule has 0 atom stereocenters. The molecule has 1 aliphatic rings. The van der Waals surface area contributed by atoms with Crippen molar-refractivity contribution >= 4 is 6.08 Å². The van der Waals surface area contributed by atoms with Gasteiger partial charge in [0.05, 0.1) is 0 Å². The third-order valence-corrected chi connectivity index (χ3v) is 6.34. The lowest BCUT2D eigenvalue weighted by atomic mass is 9.83. The van der Waals surface area contributed by atoms with Crippen LogP contribution in [0.1, 0.15) is 106 Å². The molecule has 0 saturated heterocycles. The van der Waals surface area contributed by atoms with E-state index in [9.17, 15) is 4.39 Å². The van der Waals surface area contributed by atoms with Crippen LogP contribution in [0.25, 0.3) is 6.08 Å². The van der Waals surface area contributed by atoms with Crippen LogP contribution in [-0.4, -0.2) is 6.17 Å². The van der Waals surface area contributed by atoms with Gasteiger partial charge in [0.15, 0.2) is 0 Å². The third kappa shape index (κ3) is 8.37. The highest BCUT2D eigenvalue weighted by atomic mass is 19.1. The summed E-state index contributed by atoms with van der Waals surface area (Å²) in [7, 11) is 0. The smallest absolute Gasteiger partial charge is 0.100 e. The van der Waals surface area contributed by atoms with Crippen molar-refractivity contribution in [3.05, 3.63) is 76.9 Å². The highest BCUT2D eigenvalue weighted by molar-refractivity contribution is 5.52. The molecular formula is C30H37F. The van der Waals surface area contributed by atoms with Gasteiger partial charge >= 0.3 is 0 Å².